The summed E-state index contributed by atoms with van der Waals surface area (Å²) in [7, 11) is 0. The van der Waals surface area contributed by atoms with Gasteiger partial charge in [0.1, 0.15) is 6.33 Å². The fraction of sp³-hybridized carbons (Fsp3) is 0.0455. The van der Waals surface area contributed by atoms with Crippen molar-refractivity contribution in [1.29, 1.82) is 0 Å². The van der Waals surface area contributed by atoms with Crippen LogP contribution in [0.4, 0.5) is 0 Å². The molecule has 71 heavy (non-hydrogen) atoms. The maximum Gasteiger partial charge on any atom is 0.163 e. The Bertz CT molecular complexity index is 4220. The van der Waals surface area contributed by atoms with Crippen LogP contribution in [0.5, 0.6) is 0 Å². The summed E-state index contributed by atoms with van der Waals surface area (Å²) in [4.78, 5) is 14.3. The fourth-order valence-electron chi connectivity index (χ4n) is 11.3. The van der Waals surface area contributed by atoms with Gasteiger partial charge in [0.05, 0.1) is 22.1 Å². The summed E-state index contributed by atoms with van der Waals surface area (Å²) in [5, 5.41) is 4.97. The molecule has 0 N–H and O–H groups in total. The van der Waals surface area contributed by atoms with E-state index in [-0.39, 0.29) is 5.41 Å². The zero-order valence-electron chi connectivity index (χ0n) is 39.3. The highest BCUT2D eigenvalue weighted by molar-refractivity contribution is 6.13. The molecule has 0 fully saturated rings. The number of rotatable bonds is 7. The lowest BCUT2D eigenvalue weighted by atomic mass is 9.82. The van der Waals surface area contributed by atoms with Crippen LogP contribution in [0.15, 0.2) is 237 Å². The van der Waals surface area contributed by atoms with Gasteiger partial charge >= 0.3 is 0 Å². The minimum Gasteiger partial charge on any atom is -0.309 e. The van der Waals surface area contributed by atoms with E-state index in [1.54, 1.807) is 6.33 Å². The van der Waals surface area contributed by atoms with Gasteiger partial charge in [0.25, 0.3) is 0 Å². The average Bonchev–Trinajstić information content (AvgIpc) is 4.03. The first-order valence-electron chi connectivity index (χ1n) is 24.3. The van der Waals surface area contributed by atoms with E-state index >= 15 is 0 Å². The number of aromatic nitrogens is 5. The van der Waals surface area contributed by atoms with Crippen LogP contribution in [0.2, 0.25) is 0 Å². The van der Waals surface area contributed by atoms with Crippen LogP contribution >= 0.6 is 0 Å². The van der Waals surface area contributed by atoms with Crippen molar-refractivity contribution >= 4 is 43.6 Å². The number of benzene rings is 10. The highest BCUT2D eigenvalue weighted by Crippen LogP contribution is 2.51. The Morgan fingerprint density at radius 1 is 0.310 bits per heavy atom. The molecular weight excluding hydrogens is 863 g/mol. The van der Waals surface area contributed by atoms with Crippen LogP contribution in [0.3, 0.4) is 0 Å². The van der Waals surface area contributed by atoms with Crippen molar-refractivity contribution in [2.75, 3.05) is 0 Å². The van der Waals surface area contributed by atoms with Gasteiger partial charge in [-0.3, -0.25) is 0 Å². The van der Waals surface area contributed by atoms with Crippen molar-refractivity contribution in [1.82, 2.24) is 24.1 Å². The monoisotopic (exact) mass is 907 g/mol. The Morgan fingerprint density at radius 2 is 0.732 bits per heavy atom. The lowest BCUT2D eigenvalue weighted by molar-refractivity contribution is 0.660. The minimum atomic E-state index is -0.268. The molecule has 14 rings (SSSR count). The lowest BCUT2D eigenvalue weighted by Gasteiger charge is -2.23. The Hall–Kier alpha value is -9.19. The molecule has 0 unspecified atom stereocenters. The van der Waals surface area contributed by atoms with Crippen LogP contribution in [-0.2, 0) is 5.41 Å². The SMILES string of the molecule is CC1(C)c2cc(-c3ncnc(-c4ccc(-c5ccc(-c6ccccc6)cc5)cc4)n3)ccc2-c2ccc(-n3c4ccccc4c4cc(-c5ccc6c(c5)c5ccccc5n6-c5ccccc5)ccc43)cc21. The van der Waals surface area contributed by atoms with E-state index in [1.807, 2.05) is 6.07 Å². The Kier molecular flexibility index (Phi) is 9.17. The second-order valence-corrected chi connectivity index (χ2v) is 19.3. The van der Waals surface area contributed by atoms with Crippen molar-refractivity contribution in [3.8, 4) is 78.7 Å². The molecule has 0 aliphatic heterocycles. The van der Waals surface area contributed by atoms with E-state index in [2.05, 4.69) is 252 Å². The van der Waals surface area contributed by atoms with Crippen molar-refractivity contribution in [2.24, 2.45) is 0 Å². The highest BCUT2D eigenvalue weighted by atomic mass is 15.0. The molecule has 10 aromatic carbocycles. The minimum absolute atomic E-state index is 0.268. The van der Waals surface area contributed by atoms with Gasteiger partial charge in [-0.2, -0.15) is 0 Å². The van der Waals surface area contributed by atoms with Gasteiger partial charge in [-0.15, -0.1) is 0 Å². The number of nitrogens with zero attached hydrogens (tertiary/aromatic N) is 5. The van der Waals surface area contributed by atoms with Crippen LogP contribution in [0.1, 0.15) is 25.0 Å². The van der Waals surface area contributed by atoms with Gasteiger partial charge in [-0.05, 0) is 122 Å². The second kappa shape index (κ2) is 15.9. The molecule has 5 nitrogen and oxygen atoms in total. The van der Waals surface area contributed by atoms with E-state index in [4.69, 9.17) is 9.97 Å². The quantitative estimate of drug-likeness (QED) is 0.160. The summed E-state index contributed by atoms with van der Waals surface area (Å²) in [6, 6.07) is 83.5. The Balaban J connectivity index is 0.778. The second-order valence-electron chi connectivity index (χ2n) is 19.3. The summed E-state index contributed by atoms with van der Waals surface area (Å²) >= 11 is 0. The van der Waals surface area contributed by atoms with Crippen LogP contribution < -0.4 is 0 Å². The number of hydrogen-bond acceptors (Lipinski definition) is 3. The molecule has 0 atom stereocenters. The molecule has 3 aromatic heterocycles. The standard InChI is InChI=1S/C66H45N5/c1-66(2)58-39-49(65-68-41-67-64(69-65)46-27-25-45(26-28-46)44-23-21-43(22-24-44)42-13-5-3-6-14-42)29-33-52(58)53-34-32-51(40-59(53)66)71-61-20-12-10-18-55(61)57-38-48(31-36-63(57)71)47-30-35-62-56(37-47)54-17-9-11-19-60(54)70(62)50-15-7-4-8-16-50/h3-41H,1-2H3. The molecule has 0 saturated heterocycles. The maximum absolute atomic E-state index is 5.03. The zero-order valence-corrected chi connectivity index (χ0v) is 39.3. The molecule has 0 bridgehead atoms. The van der Waals surface area contributed by atoms with E-state index in [1.165, 1.54) is 99.4 Å². The fourth-order valence-corrected chi connectivity index (χ4v) is 11.3. The molecule has 0 amide bonds. The summed E-state index contributed by atoms with van der Waals surface area (Å²) in [6.45, 7) is 4.68. The summed E-state index contributed by atoms with van der Waals surface area (Å²) in [5.74, 6) is 1.31. The Morgan fingerprint density at radius 3 is 1.32 bits per heavy atom. The number of para-hydroxylation sites is 3. The molecular formula is C66H45N5. The lowest BCUT2D eigenvalue weighted by Crippen LogP contribution is -2.15. The van der Waals surface area contributed by atoms with E-state index in [0.29, 0.717) is 11.6 Å². The first kappa shape index (κ1) is 40.8. The van der Waals surface area contributed by atoms with E-state index in [0.717, 1.165) is 22.4 Å². The van der Waals surface area contributed by atoms with Gasteiger partial charge < -0.3 is 9.13 Å². The molecule has 0 saturated carbocycles. The van der Waals surface area contributed by atoms with E-state index < -0.39 is 0 Å². The average molecular weight is 908 g/mol. The molecule has 3 heterocycles. The largest absolute Gasteiger partial charge is 0.309 e. The number of hydrogen-bond donors (Lipinski definition) is 0. The molecule has 1 aliphatic carbocycles. The third kappa shape index (κ3) is 6.58. The van der Waals surface area contributed by atoms with Gasteiger partial charge in [-0.25, -0.2) is 15.0 Å². The van der Waals surface area contributed by atoms with Gasteiger partial charge in [-0.1, -0.05) is 178 Å². The van der Waals surface area contributed by atoms with Gasteiger partial charge in [0.15, 0.2) is 11.6 Å². The van der Waals surface area contributed by atoms with Crippen molar-refractivity contribution in [3.63, 3.8) is 0 Å². The van der Waals surface area contributed by atoms with Crippen molar-refractivity contribution < 1.29 is 0 Å². The third-order valence-corrected chi connectivity index (χ3v) is 14.9. The zero-order chi connectivity index (χ0) is 47.2. The number of fused-ring (bicyclic) bond motifs is 9. The third-order valence-electron chi connectivity index (χ3n) is 14.9. The smallest absolute Gasteiger partial charge is 0.163 e. The Labute approximate surface area is 411 Å². The molecule has 13 aromatic rings. The first-order valence-corrected chi connectivity index (χ1v) is 24.3. The summed E-state index contributed by atoms with van der Waals surface area (Å²) in [5.41, 5.74) is 21.0. The van der Waals surface area contributed by atoms with E-state index in [9.17, 15) is 0 Å². The molecule has 334 valence electrons. The highest BCUT2D eigenvalue weighted by Gasteiger charge is 2.36. The summed E-state index contributed by atoms with van der Waals surface area (Å²) in [6.07, 6.45) is 1.63. The van der Waals surface area contributed by atoms with Gasteiger partial charge in [0, 0.05) is 49.5 Å². The summed E-state index contributed by atoms with van der Waals surface area (Å²) < 4.78 is 4.82. The van der Waals surface area contributed by atoms with Crippen LogP contribution in [0, 0.1) is 0 Å². The van der Waals surface area contributed by atoms with Crippen molar-refractivity contribution in [2.45, 2.75) is 19.3 Å². The molecule has 0 radical (unpaired) electrons. The predicted molar refractivity (Wildman–Crippen MR) is 293 cm³/mol. The predicted octanol–water partition coefficient (Wildman–Crippen LogP) is 16.7. The maximum atomic E-state index is 5.03. The first-order chi connectivity index (χ1) is 34.9. The molecule has 0 spiro atoms. The van der Waals surface area contributed by atoms with Crippen LogP contribution in [0.25, 0.3) is 122 Å². The topological polar surface area (TPSA) is 48.5 Å². The molecule has 5 heteroatoms. The van der Waals surface area contributed by atoms with Crippen LogP contribution in [-0.4, -0.2) is 24.1 Å². The van der Waals surface area contributed by atoms with Gasteiger partial charge in [0.2, 0.25) is 0 Å². The van der Waals surface area contributed by atoms with Crippen molar-refractivity contribution in [3.05, 3.63) is 248 Å². The molecule has 1 aliphatic rings. The normalized spacial score (nSPS) is 12.8.